The Morgan fingerprint density at radius 2 is 2.11 bits per heavy atom. The molecule has 1 aromatic carbocycles. The molecule has 1 heterocycles. The molecule has 0 N–H and O–H groups in total. The summed E-state index contributed by atoms with van der Waals surface area (Å²) in [5, 5.41) is 0.229. The van der Waals surface area contributed by atoms with Crippen molar-refractivity contribution in [2.24, 2.45) is 0 Å². The second-order valence-corrected chi connectivity index (χ2v) is 5.81. The van der Waals surface area contributed by atoms with Crippen molar-refractivity contribution in [3.63, 3.8) is 0 Å². The van der Waals surface area contributed by atoms with Gasteiger partial charge in [0.05, 0.1) is 18.1 Å². The number of hydrogen-bond acceptors (Lipinski definition) is 1. The molecule has 0 fully saturated rings. The van der Waals surface area contributed by atoms with Crippen molar-refractivity contribution in [2.45, 2.75) is 43.6 Å². The Morgan fingerprint density at radius 1 is 1.22 bits per heavy atom. The molecule has 0 saturated heterocycles. The Hall–Kier alpha value is -0.790. The van der Waals surface area contributed by atoms with Gasteiger partial charge in [0.2, 0.25) is 0 Å². The van der Waals surface area contributed by atoms with Crippen molar-refractivity contribution in [2.75, 3.05) is 6.61 Å². The fourth-order valence-corrected chi connectivity index (χ4v) is 3.33. The van der Waals surface area contributed by atoms with Crippen LogP contribution in [0.25, 0.3) is 0 Å². The van der Waals surface area contributed by atoms with E-state index in [9.17, 15) is 0 Å². The molecule has 0 saturated carbocycles. The van der Waals surface area contributed by atoms with E-state index >= 15 is 0 Å². The largest absolute Gasteiger partial charge is 0.373 e. The van der Waals surface area contributed by atoms with E-state index in [1.807, 2.05) is 0 Å². The molecule has 1 aliphatic carbocycles. The van der Waals surface area contributed by atoms with E-state index < -0.39 is 0 Å². The quantitative estimate of drug-likeness (QED) is 0.567. The first-order chi connectivity index (χ1) is 8.83. The minimum atomic E-state index is 0.229. The van der Waals surface area contributed by atoms with E-state index in [-0.39, 0.29) is 11.5 Å². The SMILES string of the molecule is ClC1C=C(CC2OCCc3ccccc32)CCC1. The second kappa shape index (κ2) is 5.46. The summed E-state index contributed by atoms with van der Waals surface area (Å²) in [6, 6.07) is 8.67. The van der Waals surface area contributed by atoms with Gasteiger partial charge >= 0.3 is 0 Å². The summed E-state index contributed by atoms with van der Waals surface area (Å²) in [5.74, 6) is 0. The van der Waals surface area contributed by atoms with Crippen LogP contribution in [0.3, 0.4) is 0 Å². The van der Waals surface area contributed by atoms with Gasteiger partial charge in [0.15, 0.2) is 0 Å². The topological polar surface area (TPSA) is 9.23 Å². The van der Waals surface area contributed by atoms with Crippen LogP contribution in [0.5, 0.6) is 0 Å². The predicted octanol–water partition coefficient (Wildman–Crippen LogP) is 4.41. The number of benzene rings is 1. The zero-order valence-electron chi connectivity index (χ0n) is 10.6. The average molecular weight is 263 g/mol. The third-order valence-electron chi connectivity index (χ3n) is 3.93. The first-order valence-electron chi connectivity index (χ1n) is 6.86. The van der Waals surface area contributed by atoms with E-state index in [1.54, 1.807) is 0 Å². The molecule has 0 radical (unpaired) electrons. The molecule has 2 aliphatic rings. The fraction of sp³-hybridized carbons (Fsp3) is 0.500. The van der Waals surface area contributed by atoms with Gasteiger partial charge in [-0.05, 0) is 43.2 Å². The molecule has 1 aromatic rings. The molecule has 2 unspecified atom stereocenters. The van der Waals surface area contributed by atoms with Gasteiger partial charge in [0.25, 0.3) is 0 Å². The van der Waals surface area contributed by atoms with E-state index in [1.165, 1.54) is 29.5 Å². The fourth-order valence-electron chi connectivity index (χ4n) is 3.00. The lowest BCUT2D eigenvalue weighted by Gasteiger charge is -2.28. The van der Waals surface area contributed by atoms with Gasteiger partial charge in [0.1, 0.15) is 0 Å². The van der Waals surface area contributed by atoms with Gasteiger partial charge in [0, 0.05) is 0 Å². The van der Waals surface area contributed by atoms with E-state index in [4.69, 9.17) is 16.3 Å². The van der Waals surface area contributed by atoms with Gasteiger partial charge in [-0.2, -0.15) is 0 Å². The van der Waals surface area contributed by atoms with Crippen molar-refractivity contribution in [3.8, 4) is 0 Å². The highest BCUT2D eigenvalue weighted by Gasteiger charge is 2.22. The lowest BCUT2D eigenvalue weighted by molar-refractivity contribution is 0.0420. The number of halogens is 1. The molecule has 2 atom stereocenters. The standard InChI is InChI=1S/C16H19ClO/c17-14-6-3-4-12(10-14)11-16-15-7-2-1-5-13(15)8-9-18-16/h1-2,5,7,10,14,16H,3-4,6,8-9,11H2. The third-order valence-corrected chi connectivity index (χ3v) is 4.28. The van der Waals surface area contributed by atoms with Crippen molar-refractivity contribution in [3.05, 3.63) is 47.0 Å². The number of alkyl halides is 1. The molecule has 1 nitrogen and oxygen atoms in total. The molecule has 0 aromatic heterocycles. The second-order valence-electron chi connectivity index (χ2n) is 5.25. The van der Waals surface area contributed by atoms with Crippen LogP contribution in [0.1, 0.15) is 42.9 Å². The summed E-state index contributed by atoms with van der Waals surface area (Å²) in [5.41, 5.74) is 4.30. The van der Waals surface area contributed by atoms with Gasteiger partial charge in [-0.15, -0.1) is 11.6 Å². The molecule has 0 bridgehead atoms. The zero-order chi connectivity index (χ0) is 12.4. The van der Waals surface area contributed by atoms with Gasteiger partial charge in [-0.25, -0.2) is 0 Å². The van der Waals surface area contributed by atoms with E-state index in [0.717, 1.165) is 25.9 Å². The smallest absolute Gasteiger partial charge is 0.0864 e. The molecule has 18 heavy (non-hydrogen) atoms. The lowest BCUT2D eigenvalue weighted by atomic mass is 9.89. The van der Waals surface area contributed by atoms with Crippen LogP contribution in [0.15, 0.2) is 35.9 Å². The van der Waals surface area contributed by atoms with E-state index in [2.05, 4.69) is 30.3 Å². The van der Waals surface area contributed by atoms with Crippen LogP contribution >= 0.6 is 11.6 Å². The first kappa shape index (κ1) is 12.3. The van der Waals surface area contributed by atoms with Crippen LogP contribution < -0.4 is 0 Å². The summed E-state index contributed by atoms with van der Waals surface area (Å²) in [6.07, 6.45) is 8.06. The number of hydrogen-bond donors (Lipinski definition) is 0. The maximum absolute atomic E-state index is 6.21. The minimum Gasteiger partial charge on any atom is -0.373 e. The average Bonchev–Trinajstić information content (AvgIpc) is 2.39. The molecule has 0 spiro atoms. The van der Waals surface area contributed by atoms with Crippen molar-refractivity contribution in [1.82, 2.24) is 0 Å². The van der Waals surface area contributed by atoms with Crippen molar-refractivity contribution in [1.29, 1.82) is 0 Å². The van der Waals surface area contributed by atoms with Crippen LogP contribution in [0.2, 0.25) is 0 Å². The maximum atomic E-state index is 6.21. The number of ether oxygens (including phenoxy) is 1. The lowest BCUT2D eigenvalue weighted by Crippen LogP contribution is -2.17. The Labute approximate surface area is 114 Å². The molecule has 1 aliphatic heterocycles. The summed E-state index contributed by atoms with van der Waals surface area (Å²) >= 11 is 6.21. The molecular weight excluding hydrogens is 244 g/mol. The predicted molar refractivity (Wildman–Crippen MR) is 75.0 cm³/mol. The van der Waals surface area contributed by atoms with Gasteiger partial charge < -0.3 is 4.74 Å². The number of allylic oxidation sites excluding steroid dienone is 1. The Balaban J connectivity index is 1.78. The number of fused-ring (bicyclic) bond motifs is 1. The van der Waals surface area contributed by atoms with Crippen LogP contribution in [-0.4, -0.2) is 12.0 Å². The van der Waals surface area contributed by atoms with Crippen LogP contribution in [0, 0.1) is 0 Å². The van der Waals surface area contributed by atoms with Gasteiger partial charge in [-0.3, -0.25) is 0 Å². The van der Waals surface area contributed by atoms with Gasteiger partial charge in [-0.1, -0.05) is 35.9 Å². The Morgan fingerprint density at radius 3 is 3.00 bits per heavy atom. The summed E-state index contributed by atoms with van der Waals surface area (Å²) < 4.78 is 5.96. The van der Waals surface area contributed by atoms with Crippen molar-refractivity contribution >= 4 is 11.6 Å². The zero-order valence-corrected chi connectivity index (χ0v) is 11.3. The Kier molecular flexibility index (Phi) is 3.72. The third kappa shape index (κ3) is 2.62. The highest BCUT2D eigenvalue weighted by Crippen LogP contribution is 2.35. The molecule has 0 amide bonds. The summed E-state index contributed by atoms with van der Waals surface area (Å²) in [4.78, 5) is 0. The monoisotopic (exact) mass is 262 g/mol. The van der Waals surface area contributed by atoms with Crippen LogP contribution in [0.4, 0.5) is 0 Å². The summed E-state index contributed by atoms with van der Waals surface area (Å²) in [7, 11) is 0. The number of rotatable bonds is 2. The summed E-state index contributed by atoms with van der Waals surface area (Å²) in [6.45, 7) is 0.846. The molecule has 2 heteroatoms. The van der Waals surface area contributed by atoms with Crippen LogP contribution in [-0.2, 0) is 11.2 Å². The minimum absolute atomic E-state index is 0.229. The molecule has 96 valence electrons. The molecule has 3 rings (SSSR count). The Bertz CT molecular complexity index is 452. The first-order valence-corrected chi connectivity index (χ1v) is 7.29. The van der Waals surface area contributed by atoms with E-state index in [0.29, 0.717) is 0 Å². The normalized spacial score (nSPS) is 27.5. The van der Waals surface area contributed by atoms with Crippen molar-refractivity contribution < 1.29 is 4.74 Å². The highest BCUT2D eigenvalue weighted by atomic mass is 35.5. The highest BCUT2D eigenvalue weighted by molar-refractivity contribution is 6.21. The maximum Gasteiger partial charge on any atom is 0.0864 e. The molecular formula is C16H19ClO.